The molecule has 1 aromatic heterocycles. The van der Waals surface area contributed by atoms with E-state index >= 15 is 0 Å². The van der Waals surface area contributed by atoms with Crippen molar-refractivity contribution in [3.05, 3.63) is 24.0 Å². The quantitative estimate of drug-likeness (QED) is 0.869. The lowest BCUT2D eigenvalue weighted by atomic mass is 10.2. The van der Waals surface area contributed by atoms with Crippen LogP contribution >= 0.6 is 11.8 Å². The summed E-state index contributed by atoms with van der Waals surface area (Å²) in [5.41, 5.74) is 1.52. The summed E-state index contributed by atoms with van der Waals surface area (Å²) in [5, 5.41) is 3.04. The average molecular weight is 251 g/mol. The molecule has 92 valence electrons. The lowest BCUT2D eigenvalue weighted by molar-refractivity contribution is 0.0769. The van der Waals surface area contributed by atoms with Crippen molar-refractivity contribution in [2.75, 3.05) is 37.0 Å². The third kappa shape index (κ3) is 2.91. The van der Waals surface area contributed by atoms with Gasteiger partial charge in [-0.2, -0.15) is 11.8 Å². The zero-order valence-corrected chi connectivity index (χ0v) is 10.8. The van der Waals surface area contributed by atoms with Crippen LogP contribution in [0.1, 0.15) is 16.8 Å². The molecule has 1 saturated heterocycles. The third-order valence-electron chi connectivity index (χ3n) is 2.83. The molecule has 0 bridgehead atoms. The maximum absolute atomic E-state index is 12.4. The number of thioether (sulfide) groups is 1. The van der Waals surface area contributed by atoms with Crippen molar-refractivity contribution in [1.82, 2.24) is 9.88 Å². The van der Waals surface area contributed by atoms with E-state index in [-0.39, 0.29) is 5.91 Å². The molecule has 2 rings (SSSR count). The first-order chi connectivity index (χ1) is 8.33. The van der Waals surface area contributed by atoms with E-state index in [0.717, 1.165) is 36.7 Å². The van der Waals surface area contributed by atoms with Gasteiger partial charge in [-0.25, -0.2) is 0 Å². The van der Waals surface area contributed by atoms with Gasteiger partial charge in [-0.15, -0.1) is 0 Å². The second-order valence-corrected chi connectivity index (χ2v) is 5.15. The molecule has 0 spiro atoms. The molecule has 1 aromatic rings. The molecule has 2 heterocycles. The van der Waals surface area contributed by atoms with E-state index in [1.54, 1.807) is 12.4 Å². The van der Waals surface area contributed by atoms with Gasteiger partial charge in [0.05, 0.1) is 5.56 Å². The Morgan fingerprint density at radius 1 is 1.47 bits per heavy atom. The van der Waals surface area contributed by atoms with E-state index in [1.165, 1.54) is 0 Å². The molecule has 4 nitrogen and oxygen atoms in total. The van der Waals surface area contributed by atoms with Crippen LogP contribution in [0.25, 0.3) is 0 Å². The molecule has 0 atom stereocenters. The summed E-state index contributed by atoms with van der Waals surface area (Å²) in [4.78, 5) is 18.3. The van der Waals surface area contributed by atoms with E-state index < -0.39 is 0 Å². The van der Waals surface area contributed by atoms with E-state index in [4.69, 9.17) is 0 Å². The number of carbonyl (C=O) groups is 1. The fourth-order valence-corrected chi connectivity index (χ4v) is 2.79. The number of hydrogen-bond acceptors (Lipinski definition) is 4. The van der Waals surface area contributed by atoms with E-state index in [9.17, 15) is 4.79 Å². The number of hydrogen-bond donors (Lipinski definition) is 1. The van der Waals surface area contributed by atoms with E-state index in [2.05, 4.69) is 10.3 Å². The number of nitrogens with one attached hydrogen (secondary N) is 1. The molecular weight excluding hydrogens is 234 g/mol. The predicted molar refractivity (Wildman–Crippen MR) is 71.6 cm³/mol. The molecule has 1 aliphatic rings. The van der Waals surface area contributed by atoms with Gasteiger partial charge in [0.15, 0.2) is 0 Å². The minimum absolute atomic E-state index is 0.0879. The third-order valence-corrected chi connectivity index (χ3v) is 3.88. The number of aromatic nitrogens is 1. The average Bonchev–Trinajstić information content (AvgIpc) is 2.66. The van der Waals surface area contributed by atoms with Crippen molar-refractivity contribution in [1.29, 1.82) is 0 Å². The standard InChI is InChI=1S/C12H17N3OS/c1-13-11-3-4-14-9-10(11)12(16)15-5-2-7-17-8-6-15/h3-4,9H,2,5-8H2,1H3,(H,13,14). The first-order valence-electron chi connectivity index (χ1n) is 5.81. The van der Waals surface area contributed by atoms with E-state index in [1.807, 2.05) is 29.8 Å². The molecule has 1 aliphatic heterocycles. The number of rotatable bonds is 2. The highest BCUT2D eigenvalue weighted by molar-refractivity contribution is 7.99. The number of nitrogens with zero attached hydrogens (tertiary/aromatic N) is 2. The highest BCUT2D eigenvalue weighted by atomic mass is 32.2. The summed E-state index contributed by atoms with van der Waals surface area (Å²) in [6.07, 6.45) is 4.42. The summed E-state index contributed by atoms with van der Waals surface area (Å²) in [6.45, 7) is 1.69. The fourth-order valence-electron chi connectivity index (χ4n) is 1.90. The van der Waals surface area contributed by atoms with Gasteiger partial charge in [0.1, 0.15) is 0 Å². The summed E-state index contributed by atoms with van der Waals surface area (Å²) in [6, 6.07) is 1.83. The highest BCUT2D eigenvalue weighted by Crippen LogP contribution is 2.18. The predicted octanol–water partition coefficient (Wildman–Crippen LogP) is 1.70. The smallest absolute Gasteiger partial charge is 0.257 e. The van der Waals surface area contributed by atoms with Crippen LogP contribution in [-0.4, -0.2) is 47.4 Å². The minimum Gasteiger partial charge on any atom is -0.387 e. The summed E-state index contributed by atoms with van der Waals surface area (Å²) in [7, 11) is 1.82. The molecule has 1 fully saturated rings. The molecule has 1 amide bonds. The highest BCUT2D eigenvalue weighted by Gasteiger charge is 2.19. The van der Waals surface area contributed by atoms with Crippen LogP contribution in [0.15, 0.2) is 18.5 Å². The van der Waals surface area contributed by atoms with Crippen molar-refractivity contribution in [2.45, 2.75) is 6.42 Å². The second-order valence-electron chi connectivity index (χ2n) is 3.93. The van der Waals surface area contributed by atoms with Gasteiger partial charge in [0.2, 0.25) is 0 Å². The lowest BCUT2D eigenvalue weighted by Gasteiger charge is -2.21. The first-order valence-corrected chi connectivity index (χ1v) is 6.97. The van der Waals surface area contributed by atoms with Gasteiger partial charge >= 0.3 is 0 Å². The van der Waals surface area contributed by atoms with Crippen molar-refractivity contribution in [3.8, 4) is 0 Å². The maximum Gasteiger partial charge on any atom is 0.257 e. The minimum atomic E-state index is 0.0879. The van der Waals surface area contributed by atoms with Gasteiger partial charge in [-0.1, -0.05) is 0 Å². The molecule has 5 heteroatoms. The monoisotopic (exact) mass is 251 g/mol. The van der Waals surface area contributed by atoms with Crippen LogP contribution < -0.4 is 5.32 Å². The Labute approximate surface area is 106 Å². The van der Waals surface area contributed by atoms with Crippen molar-refractivity contribution in [2.24, 2.45) is 0 Å². The van der Waals surface area contributed by atoms with E-state index in [0.29, 0.717) is 5.56 Å². The van der Waals surface area contributed by atoms with Crippen LogP contribution in [0.4, 0.5) is 5.69 Å². The molecule has 1 N–H and O–H groups in total. The SMILES string of the molecule is CNc1ccncc1C(=O)N1CCCSCC1. The molecule has 17 heavy (non-hydrogen) atoms. The Balaban J connectivity index is 2.17. The fraction of sp³-hybridized carbons (Fsp3) is 0.500. The van der Waals surface area contributed by atoms with Crippen LogP contribution in [-0.2, 0) is 0 Å². The van der Waals surface area contributed by atoms with Gasteiger partial charge < -0.3 is 10.2 Å². The van der Waals surface area contributed by atoms with Crippen LogP contribution in [0, 0.1) is 0 Å². The number of pyridine rings is 1. The van der Waals surface area contributed by atoms with Crippen LogP contribution in [0.5, 0.6) is 0 Å². The van der Waals surface area contributed by atoms with Gasteiger partial charge in [0.25, 0.3) is 5.91 Å². The Kier molecular flexibility index (Phi) is 4.25. The zero-order chi connectivity index (χ0) is 12.1. The molecular formula is C12H17N3OS. The maximum atomic E-state index is 12.4. The second kappa shape index (κ2) is 5.91. The van der Waals surface area contributed by atoms with Crippen LogP contribution in [0.2, 0.25) is 0 Å². The first kappa shape index (κ1) is 12.2. The van der Waals surface area contributed by atoms with Gasteiger partial charge in [0, 0.05) is 44.0 Å². The Hall–Kier alpha value is -1.23. The molecule has 0 radical (unpaired) electrons. The van der Waals surface area contributed by atoms with Crippen molar-refractivity contribution < 1.29 is 4.79 Å². The van der Waals surface area contributed by atoms with Gasteiger partial charge in [-0.05, 0) is 18.2 Å². The van der Waals surface area contributed by atoms with Crippen molar-refractivity contribution >= 4 is 23.4 Å². The summed E-state index contributed by atoms with van der Waals surface area (Å²) in [5.74, 6) is 2.27. The molecule has 0 aliphatic carbocycles. The normalized spacial score (nSPS) is 16.4. The molecule has 0 unspecified atom stereocenters. The number of anilines is 1. The largest absolute Gasteiger partial charge is 0.387 e. The molecule has 0 saturated carbocycles. The molecule has 0 aromatic carbocycles. The summed E-state index contributed by atoms with van der Waals surface area (Å²) < 4.78 is 0. The lowest BCUT2D eigenvalue weighted by Crippen LogP contribution is -2.33. The van der Waals surface area contributed by atoms with Gasteiger partial charge in [-0.3, -0.25) is 9.78 Å². The van der Waals surface area contributed by atoms with Crippen LogP contribution in [0.3, 0.4) is 0 Å². The van der Waals surface area contributed by atoms with Crippen molar-refractivity contribution in [3.63, 3.8) is 0 Å². The zero-order valence-electron chi connectivity index (χ0n) is 9.98. The Bertz CT molecular complexity index is 389. The topological polar surface area (TPSA) is 45.2 Å². The number of carbonyl (C=O) groups excluding carboxylic acids is 1. The Morgan fingerprint density at radius 2 is 2.35 bits per heavy atom. The Morgan fingerprint density at radius 3 is 3.18 bits per heavy atom. The number of amides is 1. The summed E-state index contributed by atoms with van der Waals surface area (Å²) >= 11 is 1.92.